The minimum absolute atomic E-state index is 0.0446. The summed E-state index contributed by atoms with van der Waals surface area (Å²) in [6, 6.07) is 17.0. The molecule has 4 rings (SSSR count). The van der Waals surface area contributed by atoms with E-state index in [-0.39, 0.29) is 18.7 Å². The van der Waals surface area contributed by atoms with Gasteiger partial charge in [0, 0.05) is 19.5 Å². The fourth-order valence-corrected chi connectivity index (χ4v) is 3.63. The molecule has 1 N–H and O–H groups in total. The molecule has 1 fully saturated rings. The Morgan fingerprint density at radius 3 is 2.67 bits per heavy atom. The maximum absolute atomic E-state index is 9.88. The molecule has 6 heteroatoms. The van der Waals surface area contributed by atoms with Gasteiger partial charge in [-0.1, -0.05) is 36.8 Å². The number of fused-ring (bicyclic) bond motifs is 1. The molecule has 0 saturated carbocycles. The Morgan fingerprint density at radius 2 is 1.89 bits per heavy atom. The number of nitrogens with zero attached hydrogens (tertiary/aromatic N) is 2. The van der Waals surface area contributed by atoms with Gasteiger partial charge in [0.1, 0.15) is 11.3 Å². The van der Waals surface area contributed by atoms with Crippen LogP contribution in [0.25, 0.3) is 11.1 Å². The fourth-order valence-electron chi connectivity index (χ4n) is 3.63. The van der Waals surface area contributed by atoms with E-state index in [9.17, 15) is 5.11 Å². The predicted octanol–water partition coefficient (Wildman–Crippen LogP) is 3.81. The zero-order chi connectivity index (χ0) is 18.7. The largest absolute Gasteiger partial charge is 0.439 e. The molecule has 6 nitrogen and oxygen atoms in total. The van der Waals surface area contributed by atoms with E-state index in [1.54, 1.807) is 0 Å². The average Bonchev–Trinajstić information content (AvgIpc) is 3.10. The van der Waals surface area contributed by atoms with Crippen molar-refractivity contribution >= 4 is 11.1 Å². The van der Waals surface area contributed by atoms with Crippen molar-refractivity contribution in [3.05, 3.63) is 54.6 Å². The Balaban J connectivity index is 1.67. The number of piperidine rings is 1. The van der Waals surface area contributed by atoms with Gasteiger partial charge in [-0.05, 0) is 37.1 Å². The highest BCUT2D eigenvalue weighted by molar-refractivity contribution is 5.72. The third kappa shape index (κ3) is 3.77. The first-order chi connectivity index (χ1) is 13.2. The van der Waals surface area contributed by atoms with Gasteiger partial charge in [-0.15, -0.1) is 0 Å². The van der Waals surface area contributed by atoms with E-state index in [1.165, 1.54) is 0 Å². The van der Waals surface area contributed by atoms with Gasteiger partial charge in [-0.25, -0.2) is 4.90 Å². The smallest absolute Gasteiger partial charge is 0.399 e. The van der Waals surface area contributed by atoms with Gasteiger partial charge in [-0.3, -0.25) is 0 Å². The first-order valence-corrected chi connectivity index (χ1v) is 9.34. The molecule has 0 aliphatic carbocycles. The van der Waals surface area contributed by atoms with Gasteiger partial charge in [0.2, 0.25) is 0 Å². The number of aliphatic hydroxyl groups is 1. The molecule has 2 aromatic carbocycles. The Morgan fingerprint density at radius 1 is 1.11 bits per heavy atom. The van der Waals surface area contributed by atoms with Crippen LogP contribution in [0.15, 0.2) is 59.0 Å². The monoisotopic (exact) mass is 368 g/mol. The molecule has 27 heavy (non-hydrogen) atoms. The van der Waals surface area contributed by atoms with Crippen LogP contribution in [-0.4, -0.2) is 40.1 Å². The van der Waals surface area contributed by atoms with Crippen LogP contribution in [-0.2, 0) is 0 Å². The zero-order valence-corrected chi connectivity index (χ0v) is 15.4. The van der Waals surface area contributed by atoms with Crippen molar-refractivity contribution in [3.8, 4) is 11.8 Å². The number of likely N-dealkylation sites (tertiary alicyclic amines) is 1. The lowest BCUT2D eigenvalue weighted by atomic mass is 10.0. The lowest BCUT2D eigenvalue weighted by Crippen LogP contribution is -2.61. The summed E-state index contributed by atoms with van der Waals surface area (Å²) in [5, 5.41) is 9.88. The first-order valence-electron chi connectivity index (χ1n) is 9.34. The number of hydrogen-bond donors (Lipinski definition) is 1. The summed E-state index contributed by atoms with van der Waals surface area (Å²) in [6.07, 6.45) is 3.13. The minimum Gasteiger partial charge on any atom is -0.439 e. The van der Waals surface area contributed by atoms with Gasteiger partial charge >= 0.3 is 12.0 Å². The summed E-state index contributed by atoms with van der Waals surface area (Å²) < 4.78 is 18.2. The topological polar surface area (TPSA) is 68.0 Å². The maximum atomic E-state index is 9.88. The van der Waals surface area contributed by atoms with Crippen molar-refractivity contribution in [2.75, 3.05) is 13.2 Å². The molecule has 2 unspecified atom stereocenters. The highest BCUT2D eigenvalue weighted by Gasteiger charge is 2.43. The van der Waals surface area contributed by atoms with Crippen molar-refractivity contribution in [2.45, 2.75) is 38.1 Å². The highest BCUT2D eigenvalue weighted by Crippen LogP contribution is 2.32. The van der Waals surface area contributed by atoms with Crippen LogP contribution in [0.1, 0.15) is 26.2 Å². The van der Waals surface area contributed by atoms with Crippen LogP contribution in [0.4, 0.5) is 0 Å². The van der Waals surface area contributed by atoms with Crippen LogP contribution < -0.4 is 9.47 Å². The fraction of sp³-hybridized carbons (Fsp3) is 0.381. The number of para-hydroxylation sites is 3. The standard InChI is InChI=1S/C21H24N2O4/c1-21(26-17-10-3-2-4-11-17,23-14-8-7-9-16(23)15-24)27-20-22-18-12-5-6-13-19(18)25-20/h2-6,10-13,16,24H,7-9,14-15H2,1H3. The summed E-state index contributed by atoms with van der Waals surface area (Å²) in [4.78, 5) is 6.48. The molecule has 1 aromatic heterocycles. The second-order valence-corrected chi connectivity index (χ2v) is 6.89. The quantitative estimate of drug-likeness (QED) is 0.668. The van der Waals surface area contributed by atoms with E-state index in [4.69, 9.17) is 13.9 Å². The molecule has 0 bridgehead atoms. The minimum atomic E-state index is -1.16. The van der Waals surface area contributed by atoms with Crippen LogP contribution in [0.3, 0.4) is 0 Å². The van der Waals surface area contributed by atoms with Crippen LogP contribution in [0.5, 0.6) is 11.8 Å². The molecule has 2 atom stereocenters. The highest BCUT2D eigenvalue weighted by atomic mass is 16.8. The third-order valence-electron chi connectivity index (χ3n) is 4.96. The summed E-state index contributed by atoms with van der Waals surface area (Å²) in [5.41, 5.74) is 1.39. The first kappa shape index (κ1) is 17.8. The number of oxazole rings is 1. The molecule has 0 radical (unpaired) electrons. The maximum Gasteiger partial charge on any atom is 0.399 e. The lowest BCUT2D eigenvalue weighted by Gasteiger charge is -2.45. The number of ether oxygens (including phenoxy) is 2. The number of aromatic nitrogens is 1. The lowest BCUT2D eigenvalue weighted by molar-refractivity contribution is -0.241. The molecule has 142 valence electrons. The molecule has 0 amide bonds. The number of aliphatic hydroxyl groups excluding tert-OH is 1. The predicted molar refractivity (Wildman–Crippen MR) is 102 cm³/mol. The average molecular weight is 368 g/mol. The summed E-state index contributed by atoms with van der Waals surface area (Å²) >= 11 is 0. The number of rotatable bonds is 6. The molecule has 3 aromatic rings. The van der Waals surface area contributed by atoms with Gasteiger partial charge in [0.05, 0.1) is 6.61 Å². The second kappa shape index (κ2) is 7.58. The normalized spacial score (nSPS) is 20.3. The van der Waals surface area contributed by atoms with Crippen molar-refractivity contribution in [2.24, 2.45) is 0 Å². The summed E-state index contributed by atoms with van der Waals surface area (Å²) in [5.74, 6) is -0.478. The van der Waals surface area contributed by atoms with Gasteiger partial charge in [0.15, 0.2) is 5.58 Å². The molecule has 2 heterocycles. The van der Waals surface area contributed by atoms with E-state index < -0.39 is 5.91 Å². The summed E-state index contributed by atoms with van der Waals surface area (Å²) in [7, 11) is 0. The molecule has 0 spiro atoms. The number of benzene rings is 2. The molecule has 1 aliphatic rings. The Labute approximate surface area is 158 Å². The van der Waals surface area contributed by atoms with Crippen molar-refractivity contribution < 1.29 is 19.0 Å². The number of hydrogen-bond acceptors (Lipinski definition) is 6. The molecular formula is C21H24N2O4. The van der Waals surface area contributed by atoms with E-state index in [0.717, 1.165) is 31.3 Å². The van der Waals surface area contributed by atoms with E-state index in [0.29, 0.717) is 11.3 Å². The summed E-state index contributed by atoms with van der Waals surface area (Å²) in [6.45, 7) is 2.66. The van der Waals surface area contributed by atoms with E-state index in [1.807, 2.05) is 61.5 Å². The van der Waals surface area contributed by atoms with E-state index in [2.05, 4.69) is 9.88 Å². The Kier molecular flexibility index (Phi) is 5.01. The third-order valence-corrected chi connectivity index (χ3v) is 4.96. The Bertz CT molecular complexity index is 849. The molecule has 1 aliphatic heterocycles. The van der Waals surface area contributed by atoms with Crippen LogP contribution in [0.2, 0.25) is 0 Å². The van der Waals surface area contributed by atoms with E-state index >= 15 is 0 Å². The SMILES string of the molecule is CC(Oc1ccccc1)(Oc1nc2ccccc2o1)N1CCCCC1CO. The van der Waals surface area contributed by atoms with Crippen LogP contribution >= 0.6 is 0 Å². The molecule has 1 saturated heterocycles. The Hall–Kier alpha value is -2.57. The van der Waals surface area contributed by atoms with Crippen molar-refractivity contribution in [1.29, 1.82) is 0 Å². The van der Waals surface area contributed by atoms with Crippen molar-refractivity contribution in [1.82, 2.24) is 9.88 Å². The van der Waals surface area contributed by atoms with Gasteiger partial charge in [-0.2, -0.15) is 4.98 Å². The van der Waals surface area contributed by atoms with Gasteiger partial charge < -0.3 is 19.0 Å². The van der Waals surface area contributed by atoms with Gasteiger partial charge in [0.25, 0.3) is 0 Å². The zero-order valence-electron chi connectivity index (χ0n) is 15.4. The van der Waals surface area contributed by atoms with Crippen LogP contribution in [0, 0.1) is 0 Å². The second-order valence-electron chi connectivity index (χ2n) is 6.89. The molecular weight excluding hydrogens is 344 g/mol. The van der Waals surface area contributed by atoms with Crippen molar-refractivity contribution in [3.63, 3.8) is 0 Å².